The normalized spacial score (nSPS) is 19.9. The summed E-state index contributed by atoms with van der Waals surface area (Å²) in [5.74, 6) is -0.377. The number of hydrogen-bond donors (Lipinski definition) is 1. The number of esters is 1. The minimum Gasteiger partial charge on any atom is -0.460 e. The molecule has 2 heterocycles. The summed E-state index contributed by atoms with van der Waals surface area (Å²) in [4.78, 5) is 28.9. The highest BCUT2D eigenvalue weighted by Crippen LogP contribution is 2.36. The van der Waals surface area contributed by atoms with Crippen LogP contribution in [0.2, 0.25) is 0 Å². The lowest BCUT2D eigenvalue weighted by Gasteiger charge is -2.24. The number of nitrogens with one attached hydrogen (secondary N) is 1. The monoisotopic (exact) mass is 374 g/mol. The van der Waals surface area contributed by atoms with Crippen LogP contribution in [-0.4, -0.2) is 34.8 Å². The number of ether oxygens (including phenoxy) is 2. The van der Waals surface area contributed by atoms with Gasteiger partial charge in [0, 0.05) is 30.3 Å². The van der Waals surface area contributed by atoms with Crippen LogP contribution in [0.15, 0.2) is 29.8 Å². The summed E-state index contributed by atoms with van der Waals surface area (Å²) >= 11 is 1.57. The van der Waals surface area contributed by atoms with E-state index in [0.717, 1.165) is 21.4 Å². The van der Waals surface area contributed by atoms with Crippen LogP contribution >= 0.6 is 11.3 Å². The van der Waals surface area contributed by atoms with Crippen molar-refractivity contribution in [1.82, 2.24) is 10.3 Å². The third kappa shape index (κ3) is 4.22. The second kappa shape index (κ2) is 7.07. The van der Waals surface area contributed by atoms with Crippen molar-refractivity contribution in [3.63, 3.8) is 0 Å². The maximum absolute atomic E-state index is 12.1. The van der Waals surface area contributed by atoms with Crippen molar-refractivity contribution in [2.24, 2.45) is 0 Å². The molecule has 1 aliphatic carbocycles. The quantitative estimate of drug-likeness (QED) is 0.824. The van der Waals surface area contributed by atoms with Gasteiger partial charge < -0.3 is 14.8 Å². The third-order valence-corrected chi connectivity index (χ3v) is 4.80. The largest absolute Gasteiger partial charge is 0.460 e. The first-order valence-electron chi connectivity index (χ1n) is 8.43. The molecule has 1 amide bonds. The predicted octanol–water partition coefficient (Wildman–Crippen LogP) is 3.91. The van der Waals surface area contributed by atoms with Crippen LogP contribution in [0.4, 0.5) is 4.79 Å². The Bertz CT molecular complexity index is 866. The molecule has 0 fully saturated rings. The molecule has 1 N–H and O–H groups in total. The summed E-state index contributed by atoms with van der Waals surface area (Å²) in [5.41, 5.74) is 1.49. The average Bonchev–Trinajstić information content (AvgIpc) is 3.09. The van der Waals surface area contributed by atoms with E-state index < -0.39 is 23.8 Å². The zero-order valence-corrected chi connectivity index (χ0v) is 16.1. The lowest BCUT2D eigenvalue weighted by atomic mass is 10.1. The highest BCUT2D eigenvalue weighted by molar-refractivity contribution is 7.17. The molecule has 0 radical (unpaired) electrons. The molecule has 0 aliphatic heterocycles. The summed E-state index contributed by atoms with van der Waals surface area (Å²) in [6.45, 7) is 6.77. The van der Waals surface area contributed by atoms with E-state index in [1.54, 1.807) is 38.3 Å². The number of amides is 1. The summed E-state index contributed by atoms with van der Waals surface area (Å²) in [7, 11) is 0. The number of pyridine rings is 1. The van der Waals surface area contributed by atoms with Crippen LogP contribution in [0.25, 0.3) is 15.8 Å². The Morgan fingerprint density at radius 1 is 1.35 bits per heavy atom. The first-order valence-corrected chi connectivity index (χ1v) is 9.31. The van der Waals surface area contributed by atoms with Gasteiger partial charge in [-0.1, -0.05) is 6.08 Å². The fourth-order valence-corrected chi connectivity index (χ4v) is 3.89. The van der Waals surface area contributed by atoms with Gasteiger partial charge in [-0.2, -0.15) is 0 Å². The fourth-order valence-electron chi connectivity index (χ4n) is 2.96. The average molecular weight is 374 g/mol. The molecular weight excluding hydrogens is 352 g/mol. The van der Waals surface area contributed by atoms with E-state index in [0.29, 0.717) is 6.42 Å². The minimum absolute atomic E-state index is 0.377. The third-order valence-electron chi connectivity index (χ3n) is 3.90. The molecule has 2 unspecified atom stereocenters. The summed E-state index contributed by atoms with van der Waals surface area (Å²) in [5, 5.41) is 5.91. The number of carbonyl (C=O) groups is 2. The summed E-state index contributed by atoms with van der Waals surface area (Å²) < 4.78 is 10.7. The Morgan fingerprint density at radius 2 is 2.12 bits per heavy atom. The van der Waals surface area contributed by atoms with Gasteiger partial charge in [0.05, 0.1) is 6.04 Å². The number of aromatic nitrogens is 1. The molecule has 0 bridgehead atoms. The van der Waals surface area contributed by atoms with E-state index in [2.05, 4.69) is 10.3 Å². The molecule has 138 valence electrons. The lowest BCUT2D eigenvalue weighted by molar-refractivity contribution is -0.146. The molecule has 7 heteroatoms. The van der Waals surface area contributed by atoms with E-state index in [9.17, 15) is 9.59 Å². The van der Waals surface area contributed by atoms with E-state index in [1.807, 2.05) is 23.6 Å². The van der Waals surface area contributed by atoms with Crippen LogP contribution in [0, 0.1) is 0 Å². The van der Waals surface area contributed by atoms with Gasteiger partial charge in [-0.05, 0) is 44.0 Å². The minimum atomic E-state index is -0.596. The number of alkyl carbamates (subject to hydrolysis) is 1. The second-order valence-corrected chi connectivity index (χ2v) is 8.08. The first-order chi connectivity index (χ1) is 12.2. The first kappa shape index (κ1) is 18.4. The van der Waals surface area contributed by atoms with Crippen LogP contribution in [0.1, 0.15) is 39.7 Å². The van der Waals surface area contributed by atoms with Gasteiger partial charge in [0.25, 0.3) is 0 Å². The van der Waals surface area contributed by atoms with Crippen molar-refractivity contribution in [1.29, 1.82) is 0 Å². The van der Waals surface area contributed by atoms with Crippen LogP contribution < -0.4 is 5.32 Å². The van der Waals surface area contributed by atoms with E-state index in [4.69, 9.17) is 9.47 Å². The zero-order chi connectivity index (χ0) is 18.9. The van der Waals surface area contributed by atoms with Gasteiger partial charge in [0.1, 0.15) is 16.5 Å². The van der Waals surface area contributed by atoms with Gasteiger partial charge >= 0.3 is 12.1 Å². The topological polar surface area (TPSA) is 77.5 Å². The molecule has 2 aromatic heterocycles. The summed E-state index contributed by atoms with van der Waals surface area (Å²) in [6, 6.07) is 3.48. The van der Waals surface area contributed by atoms with Gasteiger partial charge in [0.2, 0.25) is 0 Å². The highest BCUT2D eigenvalue weighted by atomic mass is 32.1. The van der Waals surface area contributed by atoms with Crippen molar-refractivity contribution >= 4 is 39.2 Å². The molecule has 6 nitrogen and oxygen atoms in total. The molecule has 1 aliphatic rings. The van der Waals surface area contributed by atoms with Crippen molar-refractivity contribution in [3.8, 4) is 0 Å². The Balaban J connectivity index is 1.85. The lowest BCUT2D eigenvalue weighted by Crippen LogP contribution is -2.43. The number of fused-ring (bicyclic) bond motifs is 1. The maximum atomic E-state index is 12.1. The van der Waals surface area contributed by atoms with E-state index in [1.165, 1.54) is 6.92 Å². The smallest absolute Gasteiger partial charge is 0.408 e. The second-order valence-electron chi connectivity index (χ2n) is 7.22. The number of nitrogens with zero attached hydrogens (tertiary/aromatic N) is 1. The molecular formula is C19H22N2O4S. The Kier molecular flexibility index (Phi) is 5.00. The molecule has 26 heavy (non-hydrogen) atoms. The summed E-state index contributed by atoms with van der Waals surface area (Å²) in [6.07, 6.45) is 3.24. The van der Waals surface area contributed by atoms with Gasteiger partial charge in [-0.3, -0.25) is 4.79 Å². The number of carbonyl (C=O) groups excluding carboxylic acids is 2. The molecule has 0 saturated heterocycles. The maximum Gasteiger partial charge on any atom is 0.408 e. The van der Waals surface area contributed by atoms with Gasteiger partial charge in [0.15, 0.2) is 0 Å². The molecule has 0 aromatic carbocycles. The highest BCUT2D eigenvalue weighted by Gasteiger charge is 2.33. The van der Waals surface area contributed by atoms with Crippen molar-refractivity contribution < 1.29 is 19.1 Å². The van der Waals surface area contributed by atoms with Crippen LogP contribution in [0.5, 0.6) is 0 Å². The number of hydrogen-bond acceptors (Lipinski definition) is 6. The van der Waals surface area contributed by atoms with Crippen LogP contribution in [-0.2, 0) is 14.3 Å². The van der Waals surface area contributed by atoms with Crippen molar-refractivity contribution in [2.75, 3.05) is 0 Å². The van der Waals surface area contributed by atoms with Crippen LogP contribution in [0.3, 0.4) is 0 Å². The Labute approximate surface area is 156 Å². The molecule has 3 rings (SSSR count). The van der Waals surface area contributed by atoms with Crippen molar-refractivity contribution in [2.45, 2.75) is 51.9 Å². The molecule has 0 spiro atoms. The van der Waals surface area contributed by atoms with E-state index >= 15 is 0 Å². The van der Waals surface area contributed by atoms with Gasteiger partial charge in [-0.25, -0.2) is 9.78 Å². The molecule has 0 saturated carbocycles. The number of thiophene rings is 1. The molecule has 2 aromatic rings. The number of rotatable bonds is 3. The zero-order valence-electron chi connectivity index (χ0n) is 15.2. The Morgan fingerprint density at radius 3 is 2.81 bits per heavy atom. The fraction of sp³-hybridized carbons (Fsp3) is 0.421. The predicted molar refractivity (Wildman–Crippen MR) is 101 cm³/mol. The van der Waals surface area contributed by atoms with Gasteiger partial charge in [-0.15, -0.1) is 11.3 Å². The SMILES string of the molecule is CC(=O)OC1CC(c2csc3ncccc23)=CC1NC(=O)OC(C)(C)C. The van der Waals surface area contributed by atoms with E-state index in [-0.39, 0.29) is 5.97 Å². The molecule has 2 atom stereocenters. The van der Waals surface area contributed by atoms with Crippen molar-refractivity contribution in [3.05, 3.63) is 35.3 Å². The Hall–Kier alpha value is -2.41. The standard InChI is InChI=1S/C19H22N2O4S/c1-11(22)24-16-9-12(8-15(16)21-18(23)25-19(2,3)4)14-10-26-17-13(14)6-5-7-20-17/h5-8,10,15-16H,9H2,1-4H3,(H,21,23).